The first-order chi connectivity index (χ1) is 13.7. The molecule has 0 bridgehead atoms. The van der Waals surface area contributed by atoms with Crippen molar-refractivity contribution >= 4 is 44.0 Å². The van der Waals surface area contributed by atoms with Crippen LogP contribution in [0.3, 0.4) is 0 Å². The van der Waals surface area contributed by atoms with Gasteiger partial charge in [-0.05, 0) is 18.2 Å². The summed E-state index contributed by atoms with van der Waals surface area (Å²) in [4.78, 5) is 15.2. The number of anilines is 4. The highest BCUT2D eigenvalue weighted by molar-refractivity contribution is 7.22. The molecule has 3 rings (SSSR count). The van der Waals surface area contributed by atoms with Crippen LogP contribution in [0.25, 0.3) is 10.2 Å². The Morgan fingerprint density at radius 1 is 1.11 bits per heavy atom. The number of nitrogens with zero attached hydrogens (tertiary/aromatic N) is 4. The molecule has 0 unspecified atom stereocenters. The number of thiazole rings is 1. The number of nitrogens with one attached hydrogen (secondary N) is 1. The fraction of sp³-hybridized carbons (Fsp3) is 0.389. The standard InChI is InChI=1S/C18H24N6O3S/c1-25-8-6-24(7-9-26-2)17-15(19)16(20-11-21-17)23-18-22-13-5-4-12(27-3)10-14(13)28-18/h4-5,10-11H,6-9,19H2,1-3H3,(H,20,21,22,23). The van der Waals surface area contributed by atoms with Crippen molar-refractivity contribution in [1.82, 2.24) is 15.0 Å². The molecule has 3 aromatic rings. The summed E-state index contributed by atoms with van der Waals surface area (Å²) in [6.07, 6.45) is 1.48. The SMILES string of the molecule is COCCN(CCOC)c1ncnc(Nc2nc3ccc(OC)cc3s2)c1N. The van der Waals surface area contributed by atoms with E-state index in [9.17, 15) is 0 Å². The zero-order chi connectivity index (χ0) is 19.9. The summed E-state index contributed by atoms with van der Waals surface area (Å²) in [5.74, 6) is 1.93. The van der Waals surface area contributed by atoms with E-state index in [1.54, 1.807) is 21.3 Å². The monoisotopic (exact) mass is 404 g/mol. The number of rotatable bonds is 10. The predicted octanol–water partition coefficient (Wildman–Crippen LogP) is 2.52. The number of aromatic nitrogens is 3. The van der Waals surface area contributed by atoms with E-state index in [0.29, 0.717) is 48.8 Å². The smallest absolute Gasteiger partial charge is 0.189 e. The van der Waals surface area contributed by atoms with Crippen molar-refractivity contribution in [2.24, 2.45) is 0 Å². The maximum absolute atomic E-state index is 6.36. The lowest BCUT2D eigenvalue weighted by molar-refractivity contribution is 0.190. The first-order valence-corrected chi connectivity index (χ1v) is 9.52. The van der Waals surface area contributed by atoms with Gasteiger partial charge in [0.15, 0.2) is 16.8 Å². The Hall–Kier alpha value is -2.69. The summed E-state index contributed by atoms with van der Waals surface area (Å²) in [6, 6.07) is 5.75. The highest BCUT2D eigenvalue weighted by Crippen LogP contribution is 2.33. The maximum Gasteiger partial charge on any atom is 0.189 e. The van der Waals surface area contributed by atoms with Crippen molar-refractivity contribution in [1.29, 1.82) is 0 Å². The second-order valence-electron chi connectivity index (χ2n) is 5.91. The molecule has 0 fully saturated rings. The van der Waals surface area contributed by atoms with E-state index in [1.165, 1.54) is 17.7 Å². The molecule has 3 N–H and O–H groups in total. The summed E-state index contributed by atoms with van der Waals surface area (Å²) in [5.41, 5.74) is 7.69. The van der Waals surface area contributed by atoms with Crippen LogP contribution in [0.1, 0.15) is 0 Å². The highest BCUT2D eigenvalue weighted by Gasteiger charge is 2.16. The van der Waals surface area contributed by atoms with Crippen LogP contribution < -0.4 is 20.7 Å². The molecule has 0 aliphatic rings. The molecule has 0 radical (unpaired) electrons. The molecule has 0 aliphatic carbocycles. The van der Waals surface area contributed by atoms with Crippen LogP contribution in [0.5, 0.6) is 5.75 Å². The average Bonchev–Trinajstić information content (AvgIpc) is 3.11. The molecular formula is C18H24N6O3S. The van der Waals surface area contributed by atoms with E-state index in [0.717, 1.165) is 16.0 Å². The number of ether oxygens (including phenoxy) is 3. The van der Waals surface area contributed by atoms with Crippen LogP contribution in [0, 0.1) is 0 Å². The molecule has 10 heteroatoms. The van der Waals surface area contributed by atoms with E-state index < -0.39 is 0 Å². The summed E-state index contributed by atoms with van der Waals surface area (Å²) in [7, 11) is 4.96. The van der Waals surface area contributed by atoms with Crippen molar-refractivity contribution in [2.75, 3.05) is 63.6 Å². The second kappa shape index (κ2) is 9.49. The third kappa shape index (κ3) is 4.58. The quantitative estimate of drug-likeness (QED) is 0.527. The Labute approximate surface area is 167 Å². The van der Waals surface area contributed by atoms with Crippen molar-refractivity contribution in [3.05, 3.63) is 24.5 Å². The van der Waals surface area contributed by atoms with Gasteiger partial charge in [-0.15, -0.1) is 0 Å². The molecule has 0 aliphatic heterocycles. The normalized spacial score (nSPS) is 11.0. The van der Waals surface area contributed by atoms with Crippen LogP contribution in [0.4, 0.5) is 22.5 Å². The lowest BCUT2D eigenvalue weighted by Crippen LogP contribution is -2.32. The van der Waals surface area contributed by atoms with Gasteiger partial charge in [-0.25, -0.2) is 15.0 Å². The first-order valence-electron chi connectivity index (χ1n) is 8.71. The van der Waals surface area contributed by atoms with Crippen molar-refractivity contribution < 1.29 is 14.2 Å². The Kier molecular flexibility index (Phi) is 6.80. The van der Waals surface area contributed by atoms with Gasteiger partial charge in [-0.3, -0.25) is 0 Å². The molecule has 0 saturated heterocycles. The molecule has 0 saturated carbocycles. The molecule has 150 valence electrons. The lowest BCUT2D eigenvalue weighted by Gasteiger charge is -2.24. The number of hydrogen-bond donors (Lipinski definition) is 2. The van der Waals surface area contributed by atoms with Gasteiger partial charge >= 0.3 is 0 Å². The van der Waals surface area contributed by atoms with Crippen molar-refractivity contribution in [2.45, 2.75) is 0 Å². The molecule has 0 amide bonds. The Morgan fingerprint density at radius 3 is 2.54 bits per heavy atom. The predicted molar refractivity (Wildman–Crippen MR) is 112 cm³/mol. The molecule has 1 aromatic carbocycles. The summed E-state index contributed by atoms with van der Waals surface area (Å²) in [5, 5.41) is 3.90. The van der Waals surface area contributed by atoms with Gasteiger partial charge < -0.3 is 30.2 Å². The van der Waals surface area contributed by atoms with Gasteiger partial charge in [0.25, 0.3) is 0 Å². The minimum atomic E-state index is 0.451. The highest BCUT2D eigenvalue weighted by atomic mass is 32.1. The van der Waals surface area contributed by atoms with Crippen molar-refractivity contribution in [3.8, 4) is 5.75 Å². The average molecular weight is 404 g/mol. The third-order valence-electron chi connectivity index (χ3n) is 4.11. The van der Waals surface area contributed by atoms with E-state index in [2.05, 4.69) is 20.3 Å². The van der Waals surface area contributed by atoms with E-state index in [-0.39, 0.29) is 0 Å². The molecular weight excluding hydrogens is 380 g/mol. The van der Waals surface area contributed by atoms with Crippen LogP contribution in [0.2, 0.25) is 0 Å². The molecule has 2 aromatic heterocycles. The van der Waals surface area contributed by atoms with Crippen LogP contribution >= 0.6 is 11.3 Å². The number of nitrogen functional groups attached to an aromatic ring is 1. The number of fused-ring (bicyclic) bond motifs is 1. The van der Waals surface area contributed by atoms with Gasteiger partial charge in [0.1, 0.15) is 17.8 Å². The van der Waals surface area contributed by atoms with Crippen molar-refractivity contribution in [3.63, 3.8) is 0 Å². The Morgan fingerprint density at radius 2 is 1.86 bits per heavy atom. The summed E-state index contributed by atoms with van der Waals surface area (Å²) < 4.78 is 16.7. The topological polar surface area (TPSA) is 108 Å². The molecule has 0 atom stereocenters. The van der Waals surface area contributed by atoms with Gasteiger partial charge in [-0.1, -0.05) is 11.3 Å². The Bertz CT molecular complexity index is 911. The summed E-state index contributed by atoms with van der Waals surface area (Å²) in [6.45, 7) is 2.38. The number of methoxy groups -OCH3 is 3. The fourth-order valence-corrected chi connectivity index (χ4v) is 3.54. The zero-order valence-electron chi connectivity index (χ0n) is 16.1. The van der Waals surface area contributed by atoms with Gasteiger partial charge in [0.2, 0.25) is 0 Å². The van der Waals surface area contributed by atoms with Crippen LogP contribution in [-0.4, -0.2) is 62.6 Å². The number of nitrogens with two attached hydrogens (primary N) is 1. The lowest BCUT2D eigenvalue weighted by atomic mass is 10.3. The van der Waals surface area contributed by atoms with Crippen LogP contribution in [0.15, 0.2) is 24.5 Å². The number of benzene rings is 1. The maximum atomic E-state index is 6.36. The van der Waals surface area contributed by atoms with Crippen LogP contribution in [-0.2, 0) is 9.47 Å². The molecule has 0 spiro atoms. The molecule has 2 heterocycles. The fourth-order valence-electron chi connectivity index (χ4n) is 2.65. The van der Waals surface area contributed by atoms with E-state index in [4.69, 9.17) is 19.9 Å². The Balaban J connectivity index is 1.85. The minimum absolute atomic E-state index is 0.451. The summed E-state index contributed by atoms with van der Waals surface area (Å²) >= 11 is 1.50. The second-order valence-corrected chi connectivity index (χ2v) is 6.94. The molecule has 28 heavy (non-hydrogen) atoms. The molecule has 9 nitrogen and oxygen atoms in total. The first kappa shape index (κ1) is 20.1. The largest absolute Gasteiger partial charge is 0.497 e. The van der Waals surface area contributed by atoms with Gasteiger partial charge in [0.05, 0.1) is 30.5 Å². The minimum Gasteiger partial charge on any atom is -0.497 e. The zero-order valence-corrected chi connectivity index (χ0v) is 17.0. The number of hydrogen-bond acceptors (Lipinski definition) is 10. The third-order valence-corrected chi connectivity index (χ3v) is 5.05. The van der Waals surface area contributed by atoms with E-state index >= 15 is 0 Å². The van der Waals surface area contributed by atoms with Gasteiger partial charge in [0, 0.05) is 27.3 Å². The van der Waals surface area contributed by atoms with E-state index in [1.807, 2.05) is 23.1 Å². The van der Waals surface area contributed by atoms with Gasteiger partial charge in [-0.2, -0.15) is 0 Å².